The molecule has 4 rings (SSSR count). The van der Waals surface area contributed by atoms with Crippen LogP contribution in [0.25, 0.3) is 11.1 Å². The zero-order valence-electron chi connectivity index (χ0n) is 17.1. The minimum absolute atomic E-state index is 0.106. The molecule has 3 aromatic rings. The highest BCUT2D eigenvalue weighted by molar-refractivity contribution is 6.33. The van der Waals surface area contributed by atoms with Crippen molar-refractivity contribution < 1.29 is 23.7 Å². The summed E-state index contributed by atoms with van der Waals surface area (Å²) in [6.45, 7) is -0.106. The lowest BCUT2D eigenvalue weighted by atomic mass is 10.0. The Bertz CT molecular complexity index is 1150. The molecule has 1 aliphatic rings. The molecule has 0 fully saturated rings. The van der Waals surface area contributed by atoms with Crippen molar-refractivity contribution in [2.45, 2.75) is 18.9 Å². The first-order valence-electron chi connectivity index (χ1n) is 9.81. The van der Waals surface area contributed by atoms with Crippen LogP contribution >= 0.6 is 11.6 Å². The Labute approximate surface area is 188 Å². The van der Waals surface area contributed by atoms with Crippen LogP contribution in [-0.4, -0.2) is 39.8 Å². The number of nitrogens with one attached hydrogen (secondary N) is 1. The molecule has 32 heavy (non-hydrogen) atoms. The monoisotopic (exact) mass is 458 g/mol. The van der Waals surface area contributed by atoms with Gasteiger partial charge in [-0.1, -0.05) is 28.9 Å². The second-order valence-electron chi connectivity index (χ2n) is 7.12. The summed E-state index contributed by atoms with van der Waals surface area (Å²) in [5.41, 5.74) is 5.27. The highest BCUT2D eigenvalue weighted by atomic mass is 35.5. The largest absolute Gasteiger partial charge is 0.396 e. The van der Waals surface area contributed by atoms with Crippen molar-refractivity contribution in [3.8, 4) is 11.1 Å². The minimum atomic E-state index is -0.522. The lowest BCUT2D eigenvalue weighted by Gasteiger charge is -2.20. The Morgan fingerprint density at radius 1 is 1.34 bits per heavy atom. The zero-order valence-corrected chi connectivity index (χ0v) is 17.8. The first-order valence-corrected chi connectivity index (χ1v) is 10.2. The maximum absolute atomic E-state index is 13.3. The number of hydroxylamine groups is 1. The number of hydrogen-bond donors (Lipinski definition) is 2. The Balaban J connectivity index is 1.59. The van der Waals surface area contributed by atoms with Gasteiger partial charge in [-0.2, -0.15) is 4.98 Å². The van der Waals surface area contributed by atoms with Crippen molar-refractivity contribution in [2.75, 3.05) is 13.7 Å². The average molecular weight is 459 g/mol. The fourth-order valence-corrected chi connectivity index (χ4v) is 3.77. The van der Waals surface area contributed by atoms with Crippen LogP contribution in [0, 0.1) is 5.82 Å². The number of carbonyl (C=O) groups is 1. The van der Waals surface area contributed by atoms with Crippen molar-refractivity contribution in [3.05, 3.63) is 82.5 Å². The normalized spacial score (nSPS) is 15.7. The summed E-state index contributed by atoms with van der Waals surface area (Å²) in [4.78, 5) is 24.0. The summed E-state index contributed by atoms with van der Waals surface area (Å²) in [7, 11) is 1.48. The number of aromatic nitrogens is 2. The molecule has 8 nitrogen and oxygen atoms in total. The molecule has 1 aliphatic heterocycles. The Morgan fingerprint density at radius 2 is 2.12 bits per heavy atom. The Hall–Kier alpha value is -3.27. The molecule has 1 unspecified atom stereocenters. The third-order valence-corrected chi connectivity index (χ3v) is 5.30. The number of halogens is 2. The first kappa shape index (κ1) is 21.9. The summed E-state index contributed by atoms with van der Waals surface area (Å²) in [5.74, 6) is -0.0631. The van der Waals surface area contributed by atoms with Crippen LogP contribution in [0.1, 0.15) is 34.5 Å². The van der Waals surface area contributed by atoms with Gasteiger partial charge in [-0.15, -0.1) is 0 Å². The predicted molar refractivity (Wildman–Crippen MR) is 114 cm³/mol. The second kappa shape index (κ2) is 9.47. The molecule has 1 aromatic heterocycles. The van der Waals surface area contributed by atoms with E-state index >= 15 is 0 Å². The van der Waals surface area contributed by atoms with Gasteiger partial charge in [0, 0.05) is 30.2 Å². The number of carbonyl (C=O) groups excluding carboxylic acids is 1. The van der Waals surface area contributed by atoms with Crippen molar-refractivity contribution in [1.29, 1.82) is 0 Å². The van der Waals surface area contributed by atoms with E-state index in [2.05, 4.69) is 15.6 Å². The lowest BCUT2D eigenvalue weighted by Crippen LogP contribution is -2.27. The van der Waals surface area contributed by atoms with Crippen LogP contribution in [0.15, 0.2) is 58.9 Å². The Morgan fingerprint density at radius 3 is 2.81 bits per heavy atom. The van der Waals surface area contributed by atoms with E-state index in [0.717, 1.165) is 5.56 Å². The van der Waals surface area contributed by atoms with Crippen molar-refractivity contribution >= 4 is 17.5 Å². The molecule has 2 aromatic carbocycles. The third-order valence-electron chi connectivity index (χ3n) is 4.99. The lowest BCUT2D eigenvalue weighted by molar-refractivity contribution is 0.0760. The van der Waals surface area contributed by atoms with Gasteiger partial charge in [0.2, 0.25) is 5.89 Å². The van der Waals surface area contributed by atoms with Crippen LogP contribution in [0.3, 0.4) is 0 Å². The van der Waals surface area contributed by atoms with Crippen LogP contribution < -0.4 is 5.48 Å². The molecule has 2 N–H and O–H groups in total. The minimum Gasteiger partial charge on any atom is -0.396 e. The molecule has 2 heterocycles. The first-order chi connectivity index (χ1) is 15.5. The van der Waals surface area contributed by atoms with Crippen molar-refractivity contribution in [1.82, 2.24) is 20.5 Å². The van der Waals surface area contributed by atoms with Crippen LogP contribution in [0.4, 0.5) is 4.39 Å². The van der Waals surface area contributed by atoms with Gasteiger partial charge in [-0.3, -0.25) is 15.1 Å². The van der Waals surface area contributed by atoms with E-state index in [0.29, 0.717) is 29.1 Å². The predicted octanol–water partition coefficient (Wildman–Crippen LogP) is 3.64. The molecule has 166 valence electrons. The van der Waals surface area contributed by atoms with Gasteiger partial charge in [0.15, 0.2) is 5.82 Å². The summed E-state index contributed by atoms with van der Waals surface area (Å²) in [5, 5.41) is 13.2. The number of rotatable bonds is 7. The van der Waals surface area contributed by atoms with Gasteiger partial charge in [0.25, 0.3) is 5.91 Å². The number of aliphatic hydroxyl groups is 1. The molecule has 0 radical (unpaired) electrons. The van der Waals surface area contributed by atoms with Crippen molar-refractivity contribution in [3.63, 3.8) is 0 Å². The molecule has 0 spiro atoms. The van der Waals surface area contributed by atoms with E-state index in [4.69, 9.17) is 26.1 Å². The Kier molecular flexibility index (Phi) is 6.50. The maximum Gasteiger partial charge on any atom is 0.258 e. The van der Waals surface area contributed by atoms with E-state index in [1.165, 1.54) is 24.1 Å². The number of amides is 1. The van der Waals surface area contributed by atoms with E-state index in [-0.39, 0.29) is 29.8 Å². The molecule has 1 amide bonds. The molecule has 1 atom stereocenters. The molecule has 0 saturated heterocycles. The highest BCUT2D eigenvalue weighted by Gasteiger charge is 2.35. The van der Waals surface area contributed by atoms with Crippen LogP contribution in [0.2, 0.25) is 5.02 Å². The van der Waals surface area contributed by atoms with E-state index in [1.54, 1.807) is 36.5 Å². The van der Waals surface area contributed by atoms with Gasteiger partial charge >= 0.3 is 0 Å². The zero-order chi connectivity index (χ0) is 22.7. The third kappa shape index (κ3) is 4.50. The van der Waals surface area contributed by atoms with Crippen LogP contribution in [0.5, 0.6) is 0 Å². The fraction of sp³-hybridized carbons (Fsp3) is 0.227. The summed E-state index contributed by atoms with van der Waals surface area (Å²) < 4.78 is 18.7. The standard InChI is InChI=1S/C22H20ClFN4O4/c1-31-26-16-11-19(21-25-20(8-9-29)27-32-21)28(12-16)22(30)14-4-2-13(3-5-14)17-7-6-15(24)10-18(17)23/h2-7,10,12,19,26,29H,8-9,11H2,1H3. The van der Waals surface area contributed by atoms with E-state index < -0.39 is 11.9 Å². The molecular formula is C22H20ClFN4O4. The molecule has 0 bridgehead atoms. The number of aliphatic hydroxyl groups excluding tert-OH is 1. The second-order valence-corrected chi connectivity index (χ2v) is 7.52. The molecule has 0 saturated carbocycles. The highest BCUT2D eigenvalue weighted by Crippen LogP contribution is 2.34. The van der Waals surface area contributed by atoms with Gasteiger partial charge in [0.1, 0.15) is 11.9 Å². The quantitative estimate of drug-likeness (QED) is 0.521. The van der Waals surface area contributed by atoms with E-state index in [1.807, 2.05) is 0 Å². The van der Waals surface area contributed by atoms with Crippen LogP contribution in [-0.2, 0) is 11.3 Å². The number of benzene rings is 2. The molecule has 0 aliphatic carbocycles. The number of hydrogen-bond acceptors (Lipinski definition) is 7. The van der Waals surface area contributed by atoms with Gasteiger partial charge in [-0.25, -0.2) is 4.39 Å². The van der Waals surface area contributed by atoms with E-state index in [9.17, 15) is 9.18 Å². The average Bonchev–Trinajstić information content (AvgIpc) is 3.41. The molecule has 10 heteroatoms. The summed E-state index contributed by atoms with van der Waals surface area (Å²) in [6.07, 6.45) is 2.29. The smallest absolute Gasteiger partial charge is 0.258 e. The SMILES string of the molecule is CONC1=CN(C(=O)c2ccc(-c3ccc(F)cc3Cl)cc2)C(c2nc(CCO)no2)C1. The summed E-state index contributed by atoms with van der Waals surface area (Å²) >= 11 is 6.15. The fourth-order valence-electron chi connectivity index (χ4n) is 3.49. The van der Waals surface area contributed by atoms with Gasteiger partial charge in [0.05, 0.1) is 24.4 Å². The van der Waals surface area contributed by atoms with Gasteiger partial charge < -0.3 is 14.5 Å². The molecular weight excluding hydrogens is 439 g/mol. The summed E-state index contributed by atoms with van der Waals surface area (Å²) in [6, 6.07) is 10.5. The topological polar surface area (TPSA) is 101 Å². The number of nitrogens with zero attached hydrogens (tertiary/aromatic N) is 3. The van der Waals surface area contributed by atoms with Gasteiger partial charge in [-0.05, 0) is 35.9 Å². The maximum atomic E-state index is 13.3. The van der Waals surface area contributed by atoms with Crippen molar-refractivity contribution in [2.24, 2.45) is 0 Å².